The molecule has 1 heterocycles. The number of hydrogen-bond acceptors (Lipinski definition) is 8. The summed E-state index contributed by atoms with van der Waals surface area (Å²) < 4.78 is 19.6. The molecule has 13 heteroatoms. The van der Waals surface area contributed by atoms with Crippen molar-refractivity contribution in [3.63, 3.8) is 0 Å². The SMILES string of the molecule is COc1cc(OC)c(OC)cc1/C=C(\NC(=O)c1ccccc1)C(=O)Nc1ccc(SC(C)C(=O)Nc2c(C)n(C)n(-c3ccccc3)c2=O)cc1. The van der Waals surface area contributed by atoms with Gasteiger partial charge in [-0.15, -0.1) is 11.8 Å². The zero-order valence-corrected chi connectivity index (χ0v) is 30.4. The van der Waals surface area contributed by atoms with E-state index < -0.39 is 17.1 Å². The van der Waals surface area contributed by atoms with E-state index in [0.29, 0.717) is 45.4 Å². The van der Waals surface area contributed by atoms with Crippen LogP contribution >= 0.6 is 11.8 Å². The third-order valence-electron chi connectivity index (χ3n) is 8.16. The second-order valence-electron chi connectivity index (χ2n) is 11.5. The minimum Gasteiger partial charge on any atom is -0.496 e. The molecule has 268 valence electrons. The summed E-state index contributed by atoms with van der Waals surface area (Å²) >= 11 is 1.30. The quantitative estimate of drug-likeness (QED) is 0.0988. The molecule has 1 aromatic heterocycles. The molecule has 0 radical (unpaired) electrons. The third kappa shape index (κ3) is 8.38. The van der Waals surface area contributed by atoms with Gasteiger partial charge in [-0.2, -0.15) is 0 Å². The Labute approximate surface area is 305 Å². The van der Waals surface area contributed by atoms with Crippen LogP contribution in [0.15, 0.2) is 112 Å². The Morgan fingerprint density at radius 1 is 0.788 bits per heavy atom. The van der Waals surface area contributed by atoms with Crippen LogP contribution in [0.5, 0.6) is 17.2 Å². The molecule has 12 nitrogen and oxygen atoms in total. The number of anilines is 2. The highest BCUT2D eigenvalue weighted by Gasteiger charge is 2.22. The number of rotatable bonds is 13. The number of ether oxygens (including phenoxy) is 3. The maximum absolute atomic E-state index is 13.7. The molecule has 1 unspecified atom stereocenters. The van der Waals surface area contributed by atoms with E-state index in [1.807, 2.05) is 30.3 Å². The number of amides is 3. The topological polar surface area (TPSA) is 142 Å². The summed E-state index contributed by atoms with van der Waals surface area (Å²) in [5, 5.41) is 7.81. The zero-order chi connectivity index (χ0) is 37.4. The molecule has 0 aliphatic rings. The molecule has 0 spiro atoms. The Balaban J connectivity index is 1.31. The minimum absolute atomic E-state index is 0.0503. The highest BCUT2D eigenvalue weighted by molar-refractivity contribution is 8.00. The molecule has 5 aromatic rings. The average molecular weight is 722 g/mol. The number of hydrogen-bond donors (Lipinski definition) is 3. The van der Waals surface area contributed by atoms with Gasteiger partial charge < -0.3 is 30.2 Å². The van der Waals surface area contributed by atoms with Gasteiger partial charge in [-0.1, -0.05) is 36.4 Å². The van der Waals surface area contributed by atoms with Gasteiger partial charge in [-0.3, -0.25) is 23.9 Å². The van der Waals surface area contributed by atoms with E-state index >= 15 is 0 Å². The van der Waals surface area contributed by atoms with Crippen molar-refractivity contribution in [2.24, 2.45) is 7.05 Å². The van der Waals surface area contributed by atoms with E-state index in [1.165, 1.54) is 43.8 Å². The van der Waals surface area contributed by atoms with Crippen LogP contribution < -0.4 is 35.7 Å². The summed E-state index contributed by atoms with van der Waals surface area (Å²) in [5.41, 5.74) is 2.43. The Hall–Kier alpha value is -6.21. The van der Waals surface area contributed by atoms with E-state index in [2.05, 4.69) is 16.0 Å². The molecule has 0 bridgehead atoms. The summed E-state index contributed by atoms with van der Waals surface area (Å²) in [5.74, 6) is -0.174. The van der Waals surface area contributed by atoms with Crippen LogP contribution in [0.3, 0.4) is 0 Å². The highest BCUT2D eigenvalue weighted by Crippen LogP contribution is 2.36. The number of benzene rings is 4. The van der Waals surface area contributed by atoms with Crippen molar-refractivity contribution < 1.29 is 28.6 Å². The molecule has 1 atom stereocenters. The predicted molar refractivity (Wildman–Crippen MR) is 203 cm³/mol. The van der Waals surface area contributed by atoms with Crippen LogP contribution in [0.1, 0.15) is 28.5 Å². The predicted octanol–water partition coefficient (Wildman–Crippen LogP) is 6.04. The van der Waals surface area contributed by atoms with Crippen LogP contribution in [-0.4, -0.2) is 53.7 Å². The lowest BCUT2D eigenvalue weighted by atomic mass is 10.1. The molecule has 0 aliphatic carbocycles. The first-order valence-electron chi connectivity index (χ1n) is 16.2. The van der Waals surface area contributed by atoms with Crippen molar-refractivity contribution >= 4 is 46.9 Å². The van der Waals surface area contributed by atoms with Gasteiger partial charge in [0.25, 0.3) is 17.4 Å². The number of methoxy groups -OCH3 is 3. The fourth-order valence-electron chi connectivity index (χ4n) is 5.27. The Morgan fingerprint density at radius 3 is 2.00 bits per heavy atom. The summed E-state index contributed by atoms with van der Waals surface area (Å²) in [4.78, 5) is 54.1. The molecule has 3 N–H and O–H groups in total. The van der Waals surface area contributed by atoms with Crippen LogP contribution in [0.25, 0.3) is 11.8 Å². The molecule has 0 saturated carbocycles. The lowest BCUT2D eigenvalue weighted by Gasteiger charge is -2.15. The van der Waals surface area contributed by atoms with Gasteiger partial charge in [0.15, 0.2) is 11.5 Å². The largest absolute Gasteiger partial charge is 0.496 e. The zero-order valence-electron chi connectivity index (χ0n) is 29.6. The number of thioether (sulfide) groups is 1. The minimum atomic E-state index is -0.589. The number of carbonyl (C=O) groups is 3. The number of nitrogens with one attached hydrogen (secondary N) is 3. The van der Waals surface area contributed by atoms with Gasteiger partial charge in [0.1, 0.15) is 17.1 Å². The molecule has 3 amide bonds. The van der Waals surface area contributed by atoms with E-state index in [-0.39, 0.29) is 22.9 Å². The first-order valence-corrected chi connectivity index (χ1v) is 17.0. The van der Waals surface area contributed by atoms with Gasteiger partial charge in [-0.05, 0) is 74.5 Å². The first kappa shape index (κ1) is 37.1. The monoisotopic (exact) mass is 721 g/mol. The molecule has 0 saturated heterocycles. The smallest absolute Gasteiger partial charge is 0.295 e. The fourth-order valence-corrected chi connectivity index (χ4v) is 6.14. The van der Waals surface area contributed by atoms with Crippen molar-refractivity contribution in [2.45, 2.75) is 24.0 Å². The molecule has 52 heavy (non-hydrogen) atoms. The van der Waals surface area contributed by atoms with Crippen LogP contribution in [0, 0.1) is 6.92 Å². The van der Waals surface area contributed by atoms with Gasteiger partial charge in [-0.25, -0.2) is 4.68 Å². The number of para-hydroxylation sites is 1. The lowest BCUT2D eigenvalue weighted by molar-refractivity contribution is -0.115. The summed E-state index contributed by atoms with van der Waals surface area (Å²) in [6.07, 6.45) is 1.49. The summed E-state index contributed by atoms with van der Waals surface area (Å²) in [7, 11) is 6.24. The van der Waals surface area contributed by atoms with E-state index in [1.54, 1.807) is 92.3 Å². The van der Waals surface area contributed by atoms with Crippen LogP contribution in [0.4, 0.5) is 11.4 Å². The average Bonchev–Trinajstić information content (AvgIpc) is 3.37. The van der Waals surface area contributed by atoms with Crippen molar-refractivity contribution in [1.29, 1.82) is 0 Å². The summed E-state index contributed by atoms with van der Waals surface area (Å²) in [6, 6.07) is 27.9. The van der Waals surface area contributed by atoms with Crippen molar-refractivity contribution in [3.05, 3.63) is 130 Å². The van der Waals surface area contributed by atoms with Gasteiger partial charge in [0.2, 0.25) is 5.91 Å². The molecule has 5 rings (SSSR count). The number of nitrogens with zero attached hydrogens (tertiary/aromatic N) is 2. The van der Waals surface area contributed by atoms with Gasteiger partial charge in [0, 0.05) is 34.8 Å². The standard InChI is InChI=1S/C39H39N5O7S/c1-24-35(39(48)44(43(24)3)29-15-11-8-12-16-29)42-36(45)25(2)52-30-19-17-28(18-20-30)40-38(47)31(41-37(46)26-13-9-7-10-14-26)21-27-22-33(50-5)34(51-6)23-32(27)49-4/h7-23,25H,1-6H3,(H,40,47)(H,41,46)(H,42,45)/b31-21-. The molecule has 0 aliphatic heterocycles. The van der Waals surface area contributed by atoms with E-state index in [9.17, 15) is 19.2 Å². The molecular formula is C39H39N5O7S. The summed E-state index contributed by atoms with van der Waals surface area (Å²) in [6.45, 7) is 3.53. The van der Waals surface area contributed by atoms with Crippen LogP contribution in [-0.2, 0) is 16.6 Å². The maximum atomic E-state index is 13.7. The Kier molecular flexibility index (Phi) is 11.9. The normalized spacial score (nSPS) is 11.7. The Bertz CT molecular complexity index is 2160. The lowest BCUT2D eigenvalue weighted by Crippen LogP contribution is -2.30. The van der Waals surface area contributed by atoms with Crippen molar-refractivity contribution in [1.82, 2.24) is 14.7 Å². The maximum Gasteiger partial charge on any atom is 0.295 e. The van der Waals surface area contributed by atoms with Crippen LogP contribution in [0.2, 0.25) is 0 Å². The van der Waals surface area contributed by atoms with Crippen molar-refractivity contribution in [2.75, 3.05) is 32.0 Å². The number of carbonyl (C=O) groups excluding carboxylic acids is 3. The third-order valence-corrected chi connectivity index (χ3v) is 9.27. The Morgan fingerprint density at radius 2 is 1.38 bits per heavy atom. The second kappa shape index (κ2) is 16.7. The number of aromatic nitrogens is 2. The fraction of sp³-hybridized carbons (Fsp3) is 0.179. The van der Waals surface area contributed by atoms with Gasteiger partial charge in [0.05, 0.1) is 38.0 Å². The highest BCUT2D eigenvalue weighted by atomic mass is 32.2. The molecule has 4 aromatic carbocycles. The van der Waals surface area contributed by atoms with E-state index in [4.69, 9.17) is 14.2 Å². The van der Waals surface area contributed by atoms with Crippen molar-refractivity contribution in [3.8, 4) is 22.9 Å². The molecule has 0 fully saturated rings. The first-order chi connectivity index (χ1) is 25.0. The van der Waals surface area contributed by atoms with Gasteiger partial charge >= 0.3 is 0 Å². The molecular weight excluding hydrogens is 683 g/mol. The van der Waals surface area contributed by atoms with E-state index in [0.717, 1.165) is 4.90 Å². The second-order valence-corrected chi connectivity index (χ2v) is 12.9.